The summed E-state index contributed by atoms with van der Waals surface area (Å²) in [5, 5.41) is 4.04. The number of hydrogen-bond donors (Lipinski definition) is 0. The van der Waals surface area contributed by atoms with Gasteiger partial charge in [-0.2, -0.15) is 4.98 Å². The van der Waals surface area contributed by atoms with Crippen LogP contribution in [0.15, 0.2) is 4.52 Å². The maximum Gasteiger partial charge on any atom is 0.223 e. The van der Waals surface area contributed by atoms with Gasteiger partial charge < -0.3 is 9.26 Å². The molecule has 1 unspecified atom stereocenters. The highest BCUT2D eigenvalue weighted by Crippen LogP contribution is 2.36. The Morgan fingerprint density at radius 2 is 2.24 bits per heavy atom. The van der Waals surface area contributed by atoms with Crippen LogP contribution < -0.4 is 0 Å². The third-order valence-corrected chi connectivity index (χ3v) is 5.91. The van der Waals surface area contributed by atoms with E-state index in [1.165, 1.54) is 0 Å². The van der Waals surface area contributed by atoms with Crippen molar-refractivity contribution < 1.29 is 17.7 Å². The molecular formula is C13H23N3O4S. The lowest BCUT2D eigenvalue weighted by atomic mass is 9.77. The maximum atomic E-state index is 12.2. The number of sulfonamides is 1. The Bertz CT molecular complexity index is 572. The molecule has 1 aromatic heterocycles. The molecule has 1 atom stereocenters. The van der Waals surface area contributed by atoms with Gasteiger partial charge in [0.05, 0.1) is 5.75 Å². The lowest BCUT2D eigenvalue weighted by Crippen LogP contribution is -2.50. The van der Waals surface area contributed by atoms with Gasteiger partial charge in [-0.3, -0.25) is 0 Å². The van der Waals surface area contributed by atoms with E-state index in [1.54, 1.807) is 25.3 Å². The van der Waals surface area contributed by atoms with Gasteiger partial charge >= 0.3 is 0 Å². The summed E-state index contributed by atoms with van der Waals surface area (Å²) in [5.74, 6) is 1.20. The zero-order valence-electron chi connectivity index (χ0n) is 12.8. The number of ether oxygens (including phenoxy) is 1. The van der Waals surface area contributed by atoms with Gasteiger partial charge in [0.2, 0.25) is 15.9 Å². The number of piperidine rings is 1. The lowest BCUT2D eigenvalue weighted by Gasteiger charge is -2.40. The number of rotatable bonds is 6. The molecule has 8 heteroatoms. The Kier molecular flexibility index (Phi) is 5.00. The van der Waals surface area contributed by atoms with Gasteiger partial charge in [0.1, 0.15) is 0 Å². The molecule has 2 heterocycles. The van der Waals surface area contributed by atoms with Crippen LogP contribution >= 0.6 is 0 Å². The second kappa shape index (κ2) is 6.41. The van der Waals surface area contributed by atoms with E-state index in [2.05, 4.69) is 10.1 Å². The van der Waals surface area contributed by atoms with E-state index in [1.807, 2.05) is 0 Å². The topological polar surface area (TPSA) is 85.5 Å². The Morgan fingerprint density at radius 3 is 2.81 bits per heavy atom. The fourth-order valence-corrected chi connectivity index (χ4v) is 4.04. The van der Waals surface area contributed by atoms with E-state index >= 15 is 0 Å². The van der Waals surface area contributed by atoms with Crippen LogP contribution in [0, 0.1) is 6.92 Å². The molecular weight excluding hydrogens is 294 g/mol. The second-order valence-electron chi connectivity index (χ2n) is 5.50. The minimum Gasteiger partial charge on any atom is -0.385 e. The normalized spacial score (nSPS) is 24.3. The van der Waals surface area contributed by atoms with Gasteiger partial charge in [-0.15, -0.1) is 0 Å². The Balaban J connectivity index is 2.31. The molecule has 2 rings (SSSR count). The molecule has 21 heavy (non-hydrogen) atoms. The molecule has 1 aromatic rings. The zero-order valence-corrected chi connectivity index (χ0v) is 13.6. The van der Waals surface area contributed by atoms with Crippen molar-refractivity contribution in [1.29, 1.82) is 0 Å². The highest BCUT2D eigenvalue weighted by molar-refractivity contribution is 7.89. The third kappa shape index (κ3) is 3.44. The number of hydrogen-bond acceptors (Lipinski definition) is 6. The van der Waals surface area contributed by atoms with Crippen LogP contribution in [-0.4, -0.2) is 55.4 Å². The van der Waals surface area contributed by atoms with Crippen molar-refractivity contribution in [3.63, 3.8) is 0 Å². The summed E-state index contributed by atoms with van der Waals surface area (Å²) >= 11 is 0. The molecule has 120 valence electrons. The maximum absolute atomic E-state index is 12.2. The predicted molar refractivity (Wildman–Crippen MR) is 77.5 cm³/mol. The minimum absolute atomic E-state index is 0.110. The van der Waals surface area contributed by atoms with Crippen LogP contribution in [0.5, 0.6) is 0 Å². The SMILES string of the molecule is CCS(=O)(=O)N1CCCC(CCOC)(c2noc(C)n2)C1. The smallest absolute Gasteiger partial charge is 0.223 e. The monoisotopic (exact) mass is 317 g/mol. The van der Waals surface area contributed by atoms with Crippen molar-refractivity contribution in [3.05, 3.63) is 11.7 Å². The lowest BCUT2D eigenvalue weighted by molar-refractivity contribution is 0.128. The van der Waals surface area contributed by atoms with Crippen molar-refractivity contribution in [2.24, 2.45) is 0 Å². The molecule has 1 aliphatic rings. The molecule has 0 aliphatic carbocycles. The van der Waals surface area contributed by atoms with Gasteiger partial charge in [0.25, 0.3) is 0 Å². The highest BCUT2D eigenvalue weighted by atomic mass is 32.2. The first-order valence-electron chi connectivity index (χ1n) is 7.21. The Labute approximate surface area is 125 Å². The average molecular weight is 317 g/mol. The summed E-state index contributed by atoms with van der Waals surface area (Å²) in [6.45, 7) is 4.89. The summed E-state index contributed by atoms with van der Waals surface area (Å²) in [6.07, 6.45) is 2.31. The van der Waals surface area contributed by atoms with Gasteiger partial charge in [-0.05, 0) is 26.2 Å². The van der Waals surface area contributed by atoms with E-state index in [9.17, 15) is 8.42 Å². The molecule has 0 radical (unpaired) electrons. The first kappa shape index (κ1) is 16.4. The van der Waals surface area contributed by atoms with Gasteiger partial charge in [-0.1, -0.05) is 5.16 Å². The fourth-order valence-electron chi connectivity index (χ4n) is 2.82. The standard InChI is InChI=1S/C13H23N3O4S/c1-4-21(17,18)16-8-5-6-13(10-16,7-9-19-3)12-14-11(2)20-15-12/h4-10H2,1-3H3. The van der Waals surface area contributed by atoms with Crippen molar-refractivity contribution in [2.45, 2.75) is 38.5 Å². The molecule has 1 fully saturated rings. The molecule has 0 N–H and O–H groups in total. The molecule has 1 aliphatic heterocycles. The van der Waals surface area contributed by atoms with Crippen LogP contribution in [0.2, 0.25) is 0 Å². The third-order valence-electron chi connectivity index (χ3n) is 4.09. The van der Waals surface area contributed by atoms with Crippen LogP contribution in [-0.2, 0) is 20.2 Å². The molecule has 0 aromatic carbocycles. The fraction of sp³-hybridized carbons (Fsp3) is 0.846. The van der Waals surface area contributed by atoms with Gasteiger partial charge in [0, 0.05) is 39.1 Å². The summed E-state index contributed by atoms with van der Waals surface area (Å²) in [6, 6.07) is 0. The number of aryl methyl sites for hydroxylation is 1. The number of aromatic nitrogens is 2. The van der Waals surface area contributed by atoms with Crippen LogP contribution in [0.1, 0.15) is 37.9 Å². The van der Waals surface area contributed by atoms with Crippen molar-refractivity contribution in [1.82, 2.24) is 14.4 Å². The first-order valence-corrected chi connectivity index (χ1v) is 8.82. The quantitative estimate of drug-likeness (QED) is 0.781. The van der Waals surface area contributed by atoms with Gasteiger partial charge in [0.15, 0.2) is 5.82 Å². The summed E-state index contributed by atoms with van der Waals surface area (Å²) in [5.41, 5.74) is -0.422. The van der Waals surface area contributed by atoms with Crippen LogP contribution in [0.3, 0.4) is 0 Å². The largest absolute Gasteiger partial charge is 0.385 e. The van der Waals surface area contributed by atoms with E-state index in [0.29, 0.717) is 37.8 Å². The van der Waals surface area contributed by atoms with E-state index in [-0.39, 0.29) is 5.75 Å². The highest BCUT2D eigenvalue weighted by Gasteiger charge is 2.43. The van der Waals surface area contributed by atoms with E-state index in [0.717, 1.165) is 12.8 Å². The minimum atomic E-state index is -3.21. The molecule has 7 nitrogen and oxygen atoms in total. The zero-order chi connectivity index (χ0) is 15.5. The summed E-state index contributed by atoms with van der Waals surface area (Å²) < 4.78 is 36.2. The molecule has 0 spiro atoms. The van der Waals surface area contributed by atoms with Crippen molar-refractivity contribution >= 4 is 10.0 Å². The molecule has 0 saturated carbocycles. The van der Waals surface area contributed by atoms with Crippen LogP contribution in [0.4, 0.5) is 0 Å². The molecule has 1 saturated heterocycles. The number of methoxy groups -OCH3 is 1. The summed E-state index contributed by atoms with van der Waals surface area (Å²) in [7, 11) is -1.57. The van der Waals surface area contributed by atoms with Gasteiger partial charge in [-0.25, -0.2) is 12.7 Å². The Hall–Kier alpha value is -0.990. The summed E-state index contributed by atoms with van der Waals surface area (Å²) in [4.78, 5) is 4.35. The average Bonchev–Trinajstić information content (AvgIpc) is 2.92. The Morgan fingerprint density at radius 1 is 1.48 bits per heavy atom. The predicted octanol–water partition coefficient (Wildman–Crippen LogP) is 1.10. The van der Waals surface area contributed by atoms with Crippen molar-refractivity contribution in [2.75, 3.05) is 32.6 Å². The molecule has 0 bridgehead atoms. The number of nitrogens with zero attached hydrogens (tertiary/aromatic N) is 3. The van der Waals surface area contributed by atoms with Crippen molar-refractivity contribution in [3.8, 4) is 0 Å². The molecule has 0 amide bonds. The van der Waals surface area contributed by atoms with Crippen LogP contribution in [0.25, 0.3) is 0 Å². The van der Waals surface area contributed by atoms with E-state index in [4.69, 9.17) is 9.26 Å². The van der Waals surface area contributed by atoms with E-state index < -0.39 is 15.4 Å². The first-order chi connectivity index (χ1) is 9.93. The second-order valence-corrected chi connectivity index (χ2v) is 7.76.